The molecule has 96 valence electrons. The highest BCUT2D eigenvalue weighted by atomic mass is 16.4. The Morgan fingerprint density at radius 2 is 2.16 bits per heavy atom. The van der Waals surface area contributed by atoms with Crippen molar-refractivity contribution in [3.63, 3.8) is 0 Å². The van der Waals surface area contributed by atoms with Crippen LogP contribution in [0.3, 0.4) is 0 Å². The Balaban J connectivity index is 1.80. The number of aliphatic carboxylic acids is 1. The predicted molar refractivity (Wildman–Crippen MR) is 65.7 cm³/mol. The number of hydrogen-bond acceptors (Lipinski definition) is 4. The zero-order chi connectivity index (χ0) is 13.2. The molecule has 0 saturated carbocycles. The number of carbonyl (C=O) groups is 1. The number of carboxylic acid groups (broad SMARTS) is 1. The van der Waals surface area contributed by atoms with Gasteiger partial charge < -0.3 is 9.51 Å². The summed E-state index contributed by atoms with van der Waals surface area (Å²) in [7, 11) is 0. The van der Waals surface area contributed by atoms with Gasteiger partial charge in [-0.2, -0.15) is 0 Å². The summed E-state index contributed by atoms with van der Waals surface area (Å²) in [5.41, 5.74) is 2.15. The van der Waals surface area contributed by atoms with E-state index in [-0.39, 0.29) is 6.42 Å². The maximum atomic E-state index is 10.6. The van der Waals surface area contributed by atoms with E-state index >= 15 is 0 Å². The van der Waals surface area contributed by atoms with E-state index in [4.69, 9.17) is 5.11 Å². The Morgan fingerprint density at radius 3 is 2.95 bits per heavy atom. The molecule has 0 fully saturated rings. The summed E-state index contributed by atoms with van der Waals surface area (Å²) in [5, 5.41) is 16.4. The summed E-state index contributed by atoms with van der Waals surface area (Å²) in [4.78, 5) is 15.0. The third kappa shape index (κ3) is 2.44. The quantitative estimate of drug-likeness (QED) is 0.739. The fraction of sp³-hybridized carbons (Fsp3) is 0.167. The minimum absolute atomic E-state index is 0.120. The molecule has 3 heterocycles. The summed E-state index contributed by atoms with van der Waals surface area (Å²) < 4.78 is 3.50. The van der Waals surface area contributed by atoms with Crippen LogP contribution in [-0.4, -0.2) is 35.5 Å². The lowest BCUT2D eigenvalue weighted by molar-refractivity contribution is -0.136. The molecule has 3 aromatic rings. The van der Waals surface area contributed by atoms with Crippen molar-refractivity contribution in [3.8, 4) is 0 Å². The average molecular weight is 257 g/mol. The molecule has 0 atom stereocenters. The second-order valence-corrected chi connectivity index (χ2v) is 4.18. The molecule has 0 aliphatic heterocycles. The first-order valence-corrected chi connectivity index (χ1v) is 5.74. The van der Waals surface area contributed by atoms with Gasteiger partial charge in [0.05, 0.1) is 24.4 Å². The minimum atomic E-state index is -0.917. The molecular formula is C12H11N5O2. The summed E-state index contributed by atoms with van der Waals surface area (Å²) in [6, 6.07) is 5.77. The van der Waals surface area contributed by atoms with Crippen LogP contribution in [0.2, 0.25) is 0 Å². The van der Waals surface area contributed by atoms with E-state index in [0.717, 1.165) is 11.3 Å². The van der Waals surface area contributed by atoms with Gasteiger partial charge in [0, 0.05) is 18.6 Å². The summed E-state index contributed by atoms with van der Waals surface area (Å²) in [5.74, 6) is -0.917. The summed E-state index contributed by atoms with van der Waals surface area (Å²) >= 11 is 0. The van der Waals surface area contributed by atoms with Crippen LogP contribution in [0, 0.1) is 0 Å². The second-order valence-electron chi connectivity index (χ2n) is 4.18. The van der Waals surface area contributed by atoms with E-state index in [0.29, 0.717) is 12.2 Å². The van der Waals surface area contributed by atoms with Crippen LogP contribution in [0.5, 0.6) is 0 Å². The number of imidazole rings is 1. The highest BCUT2D eigenvalue weighted by molar-refractivity contribution is 5.69. The van der Waals surface area contributed by atoms with Gasteiger partial charge in [0.25, 0.3) is 0 Å². The lowest BCUT2D eigenvalue weighted by atomic mass is 10.3. The minimum Gasteiger partial charge on any atom is -0.481 e. The molecule has 3 aromatic heterocycles. The van der Waals surface area contributed by atoms with Crippen molar-refractivity contribution in [2.24, 2.45) is 0 Å². The van der Waals surface area contributed by atoms with Gasteiger partial charge in [-0.05, 0) is 12.1 Å². The SMILES string of the molecule is O=C(O)Cc1cn(Cc2cn3ccccc3n2)nn1. The van der Waals surface area contributed by atoms with E-state index in [1.165, 1.54) is 0 Å². The lowest BCUT2D eigenvalue weighted by Gasteiger charge is -1.94. The molecule has 1 N–H and O–H groups in total. The van der Waals surface area contributed by atoms with Crippen molar-refractivity contribution in [1.29, 1.82) is 0 Å². The molecule has 0 saturated heterocycles. The summed E-state index contributed by atoms with van der Waals surface area (Å²) in [6.45, 7) is 0.467. The Bertz CT molecular complexity index is 697. The van der Waals surface area contributed by atoms with Gasteiger partial charge in [0.15, 0.2) is 0 Å². The number of hydrogen-bond donors (Lipinski definition) is 1. The van der Waals surface area contributed by atoms with Crippen molar-refractivity contribution >= 4 is 11.6 Å². The van der Waals surface area contributed by atoms with E-state index in [2.05, 4.69) is 15.3 Å². The zero-order valence-electron chi connectivity index (χ0n) is 9.97. The molecule has 0 spiro atoms. The standard InChI is InChI=1S/C12H11N5O2/c18-12(19)5-9-7-17(15-14-9)8-10-6-16-4-2-1-3-11(16)13-10/h1-4,6-7H,5,8H2,(H,18,19). The second kappa shape index (κ2) is 4.52. The monoisotopic (exact) mass is 257 g/mol. The topological polar surface area (TPSA) is 85.3 Å². The summed E-state index contributed by atoms with van der Waals surface area (Å²) in [6.07, 6.45) is 5.33. The van der Waals surface area contributed by atoms with Crippen LogP contribution in [-0.2, 0) is 17.8 Å². The fourth-order valence-electron chi connectivity index (χ4n) is 1.88. The Morgan fingerprint density at radius 1 is 1.26 bits per heavy atom. The Kier molecular flexibility index (Phi) is 2.71. The zero-order valence-corrected chi connectivity index (χ0v) is 9.97. The fourth-order valence-corrected chi connectivity index (χ4v) is 1.88. The van der Waals surface area contributed by atoms with Crippen LogP contribution in [0.25, 0.3) is 5.65 Å². The molecule has 0 aliphatic carbocycles. The molecule has 0 aliphatic rings. The number of pyridine rings is 1. The van der Waals surface area contributed by atoms with E-state index in [1.807, 2.05) is 35.0 Å². The number of carboxylic acids is 1. The van der Waals surface area contributed by atoms with E-state index in [9.17, 15) is 4.79 Å². The van der Waals surface area contributed by atoms with Gasteiger partial charge in [0.2, 0.25) is 0 Å². The molecule has 0 bridgehead atoms. The normalized spacial score (nSPS) is 10.9. The van der Waals surface area contributed by atoms with Crippen molar-refractivity contribution in [2.45, 2.75) is 13.0 Å². The maximum Gasteiger partial charge on any atom is 0.309 e. The predicted octanol–water partition coefficient (Wildman–Crippen LogP) is 0.601. The van der Waals surface area contributed by atoms with Crippen molar-refractivity contribution in [3.05, 3.63) is 48.2 Å². The van der Waals surface area contributed by atoms with Gasteiger partial charge in [-0.15, -0.1) is 5.10 Å². The molecule has 0 radical (unpaired) electrons. The van der Waals surface area contributed by atoms with Gasteiger partial charge in [-0.25, -0.2) is 9.67 Å². The lowest BCUT2D eigenvalue weighted by Crippen LogP contribution is -2.01. The number of rotatable bonds is 4. The molecule has 0 amide bonds. The van der Waals surface area contributed by atoms with E-state index < -0.39 is 5.97 Å². The largest absolute Gasteiger partial charge is 0.481 e. The van der Waals surface area contributed by atoms with Crippen LogP contribution >= 0.6 is 0 Å². The highest BCUT2D eigenvalue weighted by Crippen LogP contribution is 2.06. The molecule has 19 heavy (non-hydrogen) atoms. The molecule has 7 heteroatoms. The van der Waals surface area contributed by atoms with Gasteiger partial charge in [-0.1, -0.05) is 11.3 Å². The van der Waals surface area contributed by atoms with Crippen molar-refractivity contribution in [2.75, 3.05) is 0 Å². The molecule has 7 nitrogen and oxygen atoms in total. The number of nitrogens with zero attached hydrogens (tertiary/aromatic N) is 5. The van der Waals surface area contributed by atoms with Crippen molar-refractivity contribution < 1.29 is 9.90 Å². The Hall–Kier alpha value is -2.70. The third-order valence-corrected chi connectivity index (χ3v) is 2.66. The average Bonchev–Trinajstić information content (AvgIpc) is 2.94. The van der Waals surface area contributed by atoms with Crippen LogP contribution in [0.15, 0.2) is 36.8 Å². The molecule has 3 rings (SSSR count). The highest BCUT2D eigenvalue weighted by Gasteiger charge is 2.07. The van der Waals surface area contributed by atoms with Crippen LogP contribution < -0.4 is 0 Å². The van der Waals surface area contributed by atoms with Crippen LogP contribution in [0.4, 0.5) is 0 Å². The van der Waals surface area contributed by atoms with E-state index in [1.54, 1.807) is 10.9 Å². The molecular weight excluding hydrogens is 246 g/mol. The smallest absolute Gasteiger partial charge is 0.309 e. The molecule has 0 aromatic carbocycles. The van der Waals surface area contributed by atoms with Gasteiger partial charge >= 0.3 is 5.97 Å². The maximum absolute atomic E-state index is 10.6. The first-order chi connectivity index (χ1) is 9.20. The van der Waals surface area contributed by atoms with Gasteiger partial charge in [-0.3, -0.25) is 4.79 Å². The van der Waals surface area contributed by atoms with Gasteiger partial charge in [0.1, 0.15) is 5.65 Å². The number of fused-ring (bicyclic) bond motifs is 1. The molecule has 0 unspecified atom stereocenters. The first kappa shape index (κ1) is 11.4. The Labute approximate surface area is 108 Å². The number of aromatic nitrogens is 5. The van der Waals surface area contributed by atoms with Crippen LogP contribution in [0.1, 0.15) is 11.4 Å². The van der Waals surface area contributed by atoms with Crippen molar-refractivity contribution in [1.82, 2.24) is 24.4 Å². The third-order valence-electron chi connectivity index (χ3n) is 2.66. The first-order valence-electron chi connectivity index (χ1n) is 5.74.